The first-order valence-corrected chi connectivity index (χ1v) is 7.46. The second-order valence-electron chi connectivity index (χ2n) is 4.45. The van der Waals surface area contributed by atoms with Gasteiger partial charge in [-0.25, -0.2) is 0 Å². The molecular formula is C11H20N2S2. The number of nitrogens with one attached hydrogen (secondary N) is 1. The molecule has 0 bridgehead atoms. The van der Waals surface area contributed by atoms with Crippen molar-refractivity contribution in [1.82, 2.24) is 9.62 Å². The highest BCUT2D eigenvalue weighted by atomic mass is 32.2. The maximum atomic E-state index is 5.45. The zero-order valence-corrected chi connectivity index (χ0v) is 10.8. The zero-order chi connectivity index (χ0) is 10.5. The highest BCUT2D eigenvalue weighted by Gasteiger charge is 2.24. The van der Waals surface area contributed by atoms with Crippen LogP contribution in [-0.4, -0.2) is 28.4 Å². The molecule has 2 heterocycles. The van der Waals surface area contributed by atoms with Crippen LogP contribution < -0.4 is 4.72 Å². The summed E-state index contributed by atoms with van der Waals surface area (Å²) in [5.41, 5.74) is 0. The topological polar surface area (TPSA) is 15.3 Å². The normalized spacial score (nSPS) is 29.2. The van der Waals surface area contributed by atoms with E-state index in [1.165, 1.54) is 50.7 Å². The molecule has 2 rings (SSSR count). The van der Waals surface area contributed by atoms with Gasteiger partial charge in [-0.15, -0.1) is 0 Å². The molecule has 2 nitrogen and oxygen atoms in total. The van der Waals surface area contributed by atoms with E-state index in [0.29, 0.717) is 0 Å². The lowest BCUT2D eigenvalue weighted by molar-refractivity contribution is 0.225. The van der Waals surface area contributed by atoms with Crippen molar-refractivity contribution in [3.63, 3.8) is 0 Å². The SMILES string of the molecule is S=C1NSCCCCCC2CCCCN12. The van der Waals surface area contributed by atoms with Crippen molar-refractivity contribution in [3.05, 3.63) is 0 Å². The van der Waals surface area contributed by atoms with Crippen LogP contribution in [0, 0.1) is 0 Å². The van der Waals surface area contributed by atoms with Crippen molar-refractivity contribution in [2.45, 2.75) is 51.0 Å². The number of nitrogens with zero attached hydrogens (tertiary/aromatic N) is 1. The van der Waals surface area contributed by atoms with Crippen molar-refractivity contribution in [2.75, 3.05) is 12.3 Å². The van der Waals surface area contributed by atoms with E-state index in [2.05, 4.69) is 9.62 Å². The summed E-state index contributed by atoms with van der Waals surface area (Å²) in [4.78, 5) is 2.43. The van der Waals surface area contributed by atoms with Crippen molar-refractivity contribution in [2.24, 2.45) is 0 Å². The van der Waals surface area contributed by atoms with Crippen LogP contribution >= 0.6 is 24.2 Å². The van der Waals surface area contributed by atoms with Gasteiger partial charge >= 0.3 is 0 Å². The number of rotatable bonds is 0. The number of fused-ring (bicyclic) bond motifs is 1. The molecule has 1 N–H and O–H groups in total. The van der Waals surface area contributed by atoms with Crippen LogP contribution in [0.5, 0.6) is 0 Å². The smallest absolute Gasteiger partial charge is 0.179 e. The Morgan fingerprint density at radius 1 is 1.13 bits per heavy atom. The van der Waals surface area contributed by atoms with Crippen LogP contribution in [-0.2, 0) is 0 Å². The minimum atomic E-state index is 0.720. The number of piperidine rings is 1. The quantitative estimate of drug-likeness (QED) is 0.520. The van der Waals surface area contributed by atoms with Crippen LogP contribution in [0.1, 0.15) is 44.9 Å². The molecule has 2 aliphatic heterocycles. The second-order valence-corrected chi connectivity index (χ2v) is 5.74. The van der Waals surface area contributed by atoms with Gasteiger partial charge in [0.05, 0.1) is 0 Å². The molecule has 86 valence electrons. The summed E-state index contributed by atoms with van der Waals surface area (Å²) in [6, 6.07) is 0.720. The minimum Gasteiger partial charge on any atom is -0.346 e. The molecule has 0 aromatic heterocycles. The molecule has 0 aromatic rings. The molecule has 0 aromatic carbocycles. The van der Waals surface area contributed by atoms with Gasteiger partial charge in [0.1, 0.15) is 0 Å². The molecule has 0 spiro atoms. The number of thiocarbonyl (C=S) groups is 1. The predicted octanol–water partition coefficient (Wildman–Crippen LogP) is 2.94. The fraction of sp³-hybridized carbons (Fsp3) is 0.909. The van der Waals surface area contributed by atoms with E-state index in [-0.39, 0.29) is 0 Å². The van der Waals surface area contributed by atoms with E-state index in [4.69, 9.17) is 12.2 Å². The predicted molar refractivity (Wildman–Crippen MR) is 71.0 cm³/mol. The van der Waals surface area contributed by atoms with E-state index in [1.54, 1.807) is 11.9 Å². The standard InChI is InChI=1S/C11H20N2S2/c14-11-12-15-9-5-1-2-6-10-7-3-4-8-13(10)11/h10H,1-9H2,(H,12,14). The maximum Gasteiger partial charge on any atom is 0.179 e. The summed E-state index contributed by atoms with van der Waals surface area (Å²) in [6.07, 6.45) is 9.46. The average molecular weight is 244 g/mol. The Balaban J connectivity index is 1.96. The van der Waals surface area contributed by atoms with Gasteiger partial charge in [-0.1, -0.05) is 24.8 Å². The Hall–Kier alpha value is 0.0400. The van der Waals surface area contributed by atoms with Crippen molar-refractivity contribution in [3.8, 4) is 0 Å². The van der Waals surface area contributed by atoms with Crippen molar-refractivity contribution in [1.29, 1.82) is 0 Å². The third-order valence-electron chi connectivity index (χ3n) is 3.33. The number of hydrogen-bond acceptors (Lipinski definition) is 2. The van der Waals surface area contributed by atoms with E-state index >= 15 is 0 Å². The fourth-order valence-corrected chi connectivity index (χ4v) is 3.58. The first-order valence-electron chi connectivity index (χ1n) is 6.06. The van der Waals surface area contributed by atoms with Crippen molar-refractivity contribution < 1.29 is 0 Å². The van der Waals surface area contributed by atoms with Gasteiger partial charge in [0, 0.05) is 18.3 Å². The van der Waals surface area contributed by atoms with Gasteiger partial charge in [-0.05, 0) is 44.3 Å². The molecule has 2 saturated heterocycles. The molecule has 4 heteroatoms. The Morgan fingerprint density at radius 2 is 1.93 bits per heavy atom. The summed E-state index contributed by atoms with van der Waals surface area (Å²) in [7, 11) is 0. The Labute approximate surface area is 102 Å². The van der Waals surface area contributed by atoms with Gasteiger partial charge < -0.3 is 9.62 Å². The van der Waals surface area contributed by atoms with Gasteiger partial charge in [0.15, 0.2) is 5.11 Å². The van der Waals surface area contributed by atoms with Crippen molar-refractivity contribution >= 4 is 29.3 Å². The molecule has 0 amide bonds. The van der Waals surface area contributed by atoms with E-state index < -0.39 is 0 Å². The van der Waals surface area contributed by atoms with Crippen LogP contribution in [0.4, 0.5) is 0 Å². The van der Waals surface area contributed by atoms with Crippen LogP contribution in [0.2, 0.25) is 0 Å². The van der Waals surface area contributed by atoms with Crippen LogP contribution in [0.15, 0.2) is 0 Å². The summed E-state index contributed by atoms with van der Waals surface area (Å²) >= 11 is 7.23. The molecule has 1 atom stereocenters. The van der Waals surface area contributed by atoms with Gasteiger partial charge in [-0.3, -0.25) is 0 Å². The van der Waals surface area contributed by atoms with Gasteiger partial charge in [-0.2, -0.15) is 0 Å². The maximum absolute atomic E-state index is 5.45. The van der Waals surface area contributed by atoms with Gasteiger partial charge in [0.2, 0.25) is 0 Å². The third-order valence-corrected chi connectivity index (χ3v) is 4.63. The molecule has 15 heavy (non-hydrogen) atoms. The fourth-order valence-electron chi connectivity index (χ4n) is 2.47. The molecule has 0 radical (unpaired) electrons. The number of hydrogen-bond donors (Lipinski definition) is 1. The molecule has 1 unspecified atom stereocenters. The Bertz CT molecular complexity index is 221. The molecular weight excluding hydrogens is 224 g/mol. The Kier molecular flexibility index (Phi) is 4.57. The third kappa shape index (κ3) is 3.25. The summed E-state index contributed by atoms with van der Waals surface area (Å²) < 4.78 is 3.33. The van der Waals surface area contributed by atoms with E-state index in [9.17, 15) is 0 Å². The lowest BCUT2D eigenvalue weighted by Crippen LogP contribution is -2.47. The van der Waals surface area contributed by atoms with E-state index in [1.807, 2.05) is 0 Å². The summed E-state index contributed by atoms with van der Waals surface area (Å²) in [5, 5.41) is 0.978. The largest absolute Gasteiger partial charge is 0.346 e. The first kappa shape index (κ1) is 11.5. The first-order chi connectivity index (χ1) is 7.38. The van der Waals surface area contributed by atoms with Gasteiger partial charge in [0.25, 0.3) is 0 Å². The van der Waals surface area contributed by atoms with Crippen LogP contribution in [0.3, 0.4) is 0 Å². The average Bonchev–Trinajstić information content (AvgIpc) is 2.28. The minimum absolute atomic E-state index is 0.720. The lowest BCUT2D eigenvalue weighted by Gasteiger charge is -2.38. The van der Waals surface area contributed by atoms with E-state index in [0.717, 1.165) is 17.7 Å². The lowest BCUT2D eigenvalue weighted by atomic mass is 9.97. The molecule has 2 aliphatic rings. The molecule has 2 fully saturated rings. The molecule has 0 saturated carbocycles. The molecule has 0 aliphatic carbocycles. The summed E-state index contributed by atoms with van der Waals surface area (Å²) in [5.74, 6) is 1.19. The second kappa shape index (κ2) is 5.94. The van der Waals surface area contributed by atoms with Crippen LogP contribution in [0.25, 0.3) is 0 Å². The Morgan fingerprint density at radius 3 is 2.80 bits per heavy atom. The zero-order valence-electron chi connectivity index (χ0n) is 9.21. The monoisotopic (exact) mass is 244 g/mol. The summed E-state index contributed by atoms with van der Waals surface area (Å²) in [6.45, 7) is 1.16. The highest BCUT2D eigenvalue weighted by molar-refractivity contribution is 7.98. The highest BCUT2D eigenvalue weighted by Crippen LogP contribution is 2.23.